The van der Waals surface area contributed by atoms with Gasteiger partial charge in [-0.2, -0.15) is 18.2 Å². The number of alkyl halides is 3. The Balaban J connectivity index is 1.54. The number of nitrogens with zero attached hydrogens (tertiary/aromatic N) is 8. The van der Waals surface area contributed by atoms with E-state index in [-0.39, 0.29) is 13.1 Å². The van der Waals surface area contributed by atoms with Crippen molar-refractivity contribution in [2.45, 2.75) is 39.0 Å². The van der Waals surface area contributed by atoms with Crippen molar-refractivity contribution in [1.82, 2.24) is 29.6 Å². The molecule has 8 nitrogen and oxygen atoms in total. The Morgan fingerprint density at radius 3 is 2.38 bits per heavy atom. The van der Waals surface area contributed by atoms with Gasteiger partial charge in [-0.1, -0.05) is 13.8 Å². The molecule has 32 heavy (non-hydrogen) atoms. The molecule has 0 aromatic carbocycles. The van der Waals surface area contributed by atoms with Crippen molar-refractivity contribution in [3.05, 3.63) is 22.6 Å². The second-order valence-corrected chi connectivity index (χ2v) is 9.73. The van der Waals surface area contributed by atoms with Crippen molar-refractivity contribution >= 4 is 33.3 Å². The molecule has 0 bridgehead atoms. The Bertz CT molecular complexity index is 1130. The first kappa shape index (κ1) is 21.4. The summed E-state index contributed by atoms with van der Waals surface area (Å²) < 4.78 is 40.9. The highest BCUT2D eigenvalue weighted by atomic mass is 32.1. The second kappa shape index (κ2) is 7.84. The Labute approximate surface area is 187 Å². The largest absolute Gasteiger partial charge is 0.451 e. The van der Waals surface area contributed by atoms with Crippen LogP contribution in [0.2, 0.25) is 0 Å². The van der Waals surface area contributed by atoms with Gasteiger partial charge in [0.05, 0.1) is 11.9 Å². The lowest BCUT2D eigenvalue weighted by atomic mass is 10.1. The molecule has 12 heteroatoms. The van der Waals surface area contributed by atoms with Crippen LogP contribution in [-0.2, 0) is 19.3 Å². The molecule has 0 saturated carbocycles. The van der Waals surface area contributed by atoms with Gasteiger partial charge >= 0.3 is 6.18 Å². The first-order chi connectivity index (χ1) is 15.2. The number of fused-ring (bicyclic) bond motifs is 2. The number of thiophene rings is 1. The summed E-state index contributed by atoms with van der Waals surface area (Å²) in [6, 6.07) is 2.12. The smallest absolute Gasteiger partial charge is 0.347 e. The van der Waals surface area contributed by atoms with Gasteiger partial charge in [0, 0.05) is 44.1 Å². The molecule has 0 atom stereocenters. The summed E-state index contributed by atoms with van der Waals surface area (Å²) in [4.78, 5) is 18.4. The van der Waals surface area contributed by atoms with E-state index in [1.54, 1.807) is 11.3 Å². The van der Waals surface area contributed by atoms with Crippen LogP contribution in [-0.4, -0.2) is 69.4 Å². The summed E-state index contributed by atoms with van der Waals surface area (Å²) in [5.74, 6) is 1.16. The van der Waals surface area contributed by atoms with Gasteiger partial charge in [0.1, 0.15) is 10.6 Å². The van der Waals surface area contributed by atoms with E-state index >= 15 is 0 Å². The third-order valence-electron chi connectivity index (χ3n) is 6.04. The van der Waals surface area contributed by atoms with Crippen LogP contribution in [0.3, 0.4) is 0 Å². The van der Waals surface area contributed by atoms with Gasteiger partial charge in [-0.25, -0.2) is 4.98 Å². The van der Waals surface area contributed by atoms with Gasteiger partial charge in [-0.15, -0.1) is 21.5 Å². The van der Waals surface area contributed by atoms with Gasteiger partial charge in [0.25, 0.3) is 0 Å². The van der Waals surface area contributed by atoms with E-state index in [1.807, 2.05) is 4.90 Å². The third-order valence-corrected chi connectivity index (χ3v) is 7.37. The molecular formula is C20H25F3N8S. The molecule has 0 aliphatic carbocycles. The molecule has 2 aliphatic heterocycles. The molecule has 1 saturated heterocycles. The van der Waals surface area contributed by atoms with Crippen molar-refractivity contribution in [3.8, 4) is 0 Å². The van der Waals surface area contributed by atoms with E-state index < -0.39 is 12.0 Å². The Morgan fingerprint density at radius 2 is 1.69 bits per heavy atom. The summed E-state index contributed by atoms with van der Waals surface area (Å²) in [5.41, 5.74) is 0. The average Bonchev–Trinajstić information content (AvgIpc) is 3.37. The van der Waals surface area contributed by atoms with E-state index in [9.17, 15) is 13.2 Å². The molecular weight excluding hydrogens is 441 g/mol. The highest BCUT2D eigenvalue weighted by molar-refractivity contribution is 7.18. The number of rotatable bonds is 3. The maximum atomic E-state index is 13.2. The zero-order valence-corrected chi connectivity index (χ0v) is 19.0. The number of piperazine rings is 1. The fraction of sp³-hybridized carbons (Fsp3) is 0.600. The molecule has 0 unspecified atom stereocenters. The first-order valence-corrected chi connectivity index (χ1v) is 11.5. The number of hydrogen-bond donors (Lipinski definition) is 0. The first-order valence-electron chi connectivity index (χ1n) is 10.7. The van der Waals surface area contributed by atoms with Crippen LogP contribution in [0.4, 0.5) is 24.9 Å². The number of likely N-dealkylation sites (N-methyl/N-ethyl adjacent to an activating group) is 1. The van der Waals surface area contributed by atoms with Crippen LogP contribution in [0.1, 0.15) is 36.3 Å². The molecule has 0 N–H and O–H groups in total. The van der Waals surface area contributed by atoms with E-state index in [2.05, 4.69) is 47.0 Å². The number of hydrogen-bond acceptors (Lipinski definition) is 8. The van der Waals surface area contributed by atoms with Crippen molar-refractivity contribution in [2.24, 2.45) is 0 Å². The number of aromatic nitrogens is 5. The summed E-state index contributed by atoms with van der Waals surface area (Å²) >= 11 is 1.66. The zero-order chi connectivity index (χ0) is 22.6. The molecule has 1 fully saturated rings. The molecule has 3 aromatic heterocycles. The zero-order valence-electron chi connectivity index (χ0n) is 18.2. The molecule has 2 aliphatic rings. The van der Waals surface area contributed by atoms with Gasteiger partial charge in [-0.05, 0) is 19.0 Å². The Kier molecular flexibility index (Phi) is 5.24. The average molecular weight is 467 g/mol. The van der Waals surface area contributed by atoms with E-state index in [0.717, 1.165) is 42.2 Å². The van der Waals surface area contributed by atoms with E-state index in [1.165, 1.54) is 9.44 Å². The lowest BCUT2D eigenvalue weighted by Gasteiger charge is -2.34. The van der Waals surface area contributed by atoms with Gasteiger partial charge < -0.3 is 19.3 Å². The van der Waals surface area contributed by atoms with Crippen LogP contribution in [0.5, 0.6) is 0 Å². The minimum Gasteiger partial charge on any atom is -0.347 e. The maximum absolute atomic E-state index is 13.2. The van der Waals surface area contributed by atoms with Gasteiger partial charge in [0.2, 0.25) is 11.8 Å². The lowest BCUT2D eigenvalue weighted by molar-refractivity contribution is -0.147. The van der Waals surface area contributed by atoms with Crippen molar-refractivity contribution in [1.29, 1.82) is 0 Å². The van der Waals surface area contributed by atoms with Crippen LogP contribution in [0.25, 0.3) is 10.2 Å². The summed E-state index contributed by atoms with van der Waals surface area (Å²) in [7, 11) is 2.10. The topological polar surface area (TPSA) is 66.2 Å². The van der Waals surface area contributed by atoms with Crippen LogP contribution >= 0.6 is 11.3 Å². The second-order valence-electron chi connectivity index (χ2n) is 8.67. The maximum Gasteiger partial charge on any atom is 0.451 e. The van der Waals surface area contributed by atoms with Gasteiger partial charge in [0.15, 0.2) is 5.82 Å². The van der Waals surface area contributed by atoms with Crippen LogP contribution < -0.4 is 9.80 Å². The minimum atomic E-state index is -4.51. The molecule has 0 spiro atoms. The Hall–Kier alpha value is -2.47. The summed E-state index contributed by atoms with van der Waals surface area (Å²) in [6.07, 6.45) is -4.51. The summed E-state index contributed by atoms with van der Waals surface area (Å²) in [6.45, 7) is 8.62. The molecule has 0 amide bonds. The standard InChI is InChI=1S/C20H25F3N8S/c1-12(2)14-10-13-16(24-19(25-17(13)32-14)29-6-4-28(3)5-7-29)30-8-9-31-15(11-30)26-27-18(31)20(21,22)23/h10,12H,4-9,11H2,1-3H3. The van der Waals surface area contributed by atoms with Crippen molar-refractivity contribution < 1.29 is 13.2 Å². The molecule has 5 rings (SSSR count). The van der Waals surface area contributed by atoms with E-state index in [4.69, 9.17) is 9.97 Å². The predicted molar refractivity (Wildman–Crippen MR) is 117 cm³/mol. The van der Waals surface area contributed by atoms with Crippen LogP contribution in [0, 0.1) is 0 Å². The molecule has 5 heterocycles. The summed E-state index contributed by atoms with van der Waals surface area (Å²) in [5, 5.41) is 8.18. The molecule has 0 radical (unpaired) electrons. The van der Waals surface area contributed by atoms with Crippen molar-refractivity contribution in [3.63, 3.8) is 0 Å². The molecule has 3 aromatic rings. The van der Waals surface area contributed by atoms with Crippen LogP contribution in [0.15, 0.2) is 6.07 Å². The monoisotopic (exact) mass is 466 g/mol. The number of halogens is 3. The molecule has 172 valence electrons. The minimum absolute atomic E-state index is 0.160. The normalized spacial score (nSPS) is 18.1. The number of anilines is 2. The lowest BCUT2D eigenvalue weighted by Crippen LogP contribution is -2.45. The fourth-order valence-corrected chi connectivity index (χ4v) is 5.16. The quantitative estimate of drug-likeness (QED) is 0.587. The fourth-order valence-electron chi connectivity index (χ4n) is 4.14. The Morgan fingerprint density at radius 1 is 0.969 bits per heavy atom. The highest BCUT2D eigenvalue weighted by Crippen LogP contribution is 2.37. The van der Waals surface area contributed by atoms with Crippen molar-refractivity contribution in [2.75, 3.05) is 49.6 Å². The van der Waals surface area contributed by atoms with Gasteiger partial charge in [-0.3, -0.25) is 0 Å². The van der Waals surface area contributed by atoms with E-state index in [0.29, 0.717) is 24.2 Å². The SMILES string of the molecule is CC(C)c1cc2c(N3CCn4c(nnc4C(F)(F)F)C3)nc(N3CCN(C)CC3)nc2s1. The predicted octanol–water partition coefficient (Wildman–Crippen LogP) is 3.20. The highest BCUT2D eigenvalue weighted by Gasteiger charge is 2.40. The third kappa shape index (κ3) is 3.79.